The molecule has 11 nitrogen and oxygen atoms in total. The predicted octanol–water partition coefficient (Wildman–Crippen LogP) is 1.85. The van der Waals surface area contributed by atoms with E-state index in [1.165, 1.54) is 10.8 Å². The highest BCUT2D eigenvalue weighted by atomic mass is 33.1. The summed E-state index contributed by atoms with van der Waals surface area (Å²) in [5.74, 6) is -3.04. The van der Waals surface area contributed by atoms with Crippen molar-refractivity contribution in [2.24, 2.45) is 5.73 Å². The molecule has 0 aromatic heterocycles. The topological polar surface area (TPSA) is 168 Å². The first-order valence-electron chi connectivity index (χ1n) is 12.4. The Morgan fingerprint density at radius 3 is 2.11 bits per heavy atom. The van der Waals surface area contributed by atoms with E-state index in [-0.39, 0.29) is 30.1 Å². The van der Waals surface area contributed by atoms with Crippen molar-refractivity contribution in [2.75, 3.05) is 18.9 Å². The zero-order valence-electron chi connectivity index (χ0n) is 23.3. The fourth-order valence-electron chi connectivity index (χ4n) is 3.32. The standard InChI is InChI=1S/C25H42N4O7S2/c1-23(2,3)38-37-15-16(27-22(35)17(14-26)29-18(30)8-9-19(29)31)21(34)28-24(4,5)12-13-36-25(6,7)11-10-20(32)33/h8-9,16-17H,10-15,26H2,1-7H3,(H,27,35)(H,28,34)(H,32,33)/t16-,17-/m0/s1. The molecule has 13 heteroatoms. The van der Waals surface area contributed by atoms with Crippen molar-refractivity contribution in [1.29, 1.82) is 0 Å². The molecule has 38 heavy (non-hydrogen) atoms. The highest BCUT2D eigenvalue weighted by Crippen LogP contribution is 2.35. The summed E-state index contributed by atoms with van der Waals surface area (Å²) in [5, 5.41) is 14.5. The van der Waals surface area contributed by atoms with Crippen LogP contribution in [-0.4, -0.2) is 86.5 Å². The number of ether oxygens (including phenoxy) is 1. The molecule has 1 heterocycles. The van der Waals surface area contributed by atoms with Crippen molar-refractivity contribution < 1.29 is 33.8 Å². The monoisotopic (exact) mass is 574 g/mol. The Bertz CT molecular complexity index is 898. The summed E-state index contributed by atoms with van der Waals surface area (Å²) in [6.45, 7) is 13.4. The van der Waals surface area contributed by atoms with Gasteiger partial charge in [0.05, 0.1) is 5.60 Å². The predicted molar refractivity (Wildman–Crippen MR) is 149 cm³/mol. The highest BCUT2D eigenvalue weighted by molar-refractivity contribution is 8.77. The second kappa shape index (κ2) is 14.3. The number of hydrogen-bond acceptors (Lipinski definition) is 9. The van der Waals surface area contributed by atoms with E-state index in [2.05, 4.69) is 10.6 Å². The van der Waals surface area contributed by atoms with Crippen molar-refractivity contribution in [2.45, 2.75) is 95.7 Å². The van der Waals surface area contributed by atoms with E-state index in [9.17, 15) is 24.0 Å². The number of carbonyl (C=O) groups excluding carboxylic acids is 4. The van der Waals surface area contributed by atoms with Crippen LogP contribution in [0.2, 0.25) is 0 Å². The van der Waals surface area contributed by atoms with Gasteiger partial charge in [-0.2, -0.15) is 0 Å². The van der Waals surface area contributed by atoms with Crippen LogP contribution < -0.4 is 16.4 Å². The average molecular weight is 575 g/mol. The third-order valence-corrected chi connectivity index (χ3v) is 8.83. The molecule has 5 N–H and O–H groups in total. The van der Waals surface area contributed by atoms with Crippen LogP contribution in [0.5, 0.6) is 0 Å². The van der Waals surface area contributed by atoms with Crippen molar-refractivity contribution in [3.05, 3.63) is 12.2 Å². The first-order valence-corrected chi connectivity index (χ1v) is 14.7. The van der Waals surface area contributed by atoms with Crippen LogP contribution in [0.25, 0.3) is 0 Å². The lowest BCUT2D eigenvalue weighted by molar-refractivity contribution is -0.145. The van der Waals surface area contributed by atoms with Gasteiger partial charge < -0.3 is 26.2 Å². The third-order valence-electron chi connectivity index (χ3n) is 5.48. The van der Waals surface area contributed by atoms with Crippen LogP contribution in [0.1, 0.15) is 67.7 Å². The average Bonchev–Trinajstić information content (AvgIpc) is 3.09. The van der Waals surface area contributed by atoms with Crippen LogP contribution in [0.15, 0.2) is 12.2 Å². The molecule has 1 rings (SSSR count). The van der Waals surface area contributed by atoms with E-state index in [1.807, 2.05) is 48.5 Å². The zero-order chi connectivity index (χ0) is 29.3. The number of carboxylic acid groups (broad SMARTS) is 1. The summed E-state index contributed by atoms with van der Waals surface area (Å²) < 4.78 is 5.78. The van der Waals surface area contributed by atoms with Gasteiger partial charge in [0, 0.05) is 47.8 Å². The maximum Gasteiger partial charge on any atom is 0.303 e. The van der Waals surface area contributed by atoms with E-state index in [0.29, 0.717) is 12.8 Å². The van der Waals surface area contributed by atoms with Gasteiger partial charge in [0.2, 0.25) is 11.8 Å². The summed E-state index contributed by atoms with van der Waals surface area (Å²) >= 11 is 0. The van der Waals surface area contributed by atoms with Gasteiger partial charge in [-0.3, -0.25) is 28.9 Å². The summed E-state index contributed by atoms with van der Waals surface area (Å²) in [7, 11) is 2.98. The van der Waals surface area contributed by atoms with Crippen molar-refractivity contribution in [1.82, 2.24) is 15.5 Å². The number of nitrogens with one attached hydrogen (secondary N) is 2. The van der Waals surface area contributed by atoms with Gasteiger partial charge in [0.25, 0.3) is 11.8 Å². The van der Waals surface area contributed by atoms with Crippen LogP contribution >= 0.6 is 21.6 Å². The Hall–Kier alpha value is -2.09. The molecule has 0 aromatic rings. The molecule has 0 bridgehead atoms. The minimum absolute atomic E-state index is 0.00672. The summed E-state index contributed by atoms with van der Waals surface area (Å²) in [4.78, 5) is 62.2. The van der Waals surface area contributed by atoms with E-state index in [0.717, 1.165) is 17.1 Å². The summed E-state index contributed by atoms with van der Waals surface area (Å²) in [5.41, 5.74) is 4.39. The lowest BCUT2D eigenvalue weighted by atomic mass is 9.99. The molecular formula is C25H42N4O7S2. The molecule has 0 unspecified atom stereocenters. The molecular weight excluding hydrogens is 532 g/mol. The quantitative estimate of drug-likeness (QED) is 0.158. The van der Waals surface area contributed by atoms with Crippen LogP contribution in [0.4, 0.5) is 0 Å². The van der Waals surface area contributed by atoms with E-state index >= 15 is 0 Å². The van der Waals surface area contributed by atoms with Gasteiger partial charge in [-0.05, 0) is 40.5 Å². The van der Waals surface area contributed by atoms with Crippen molar-refractivity contribution in [3.63, 3.8) is 0 Å². The summed E-state index contributed by atoms with van der Waals surface area (Å²) in [6, 6.07) is -2.20. The molecule has 216 valence electrons. The normalized spacial score (nSPS) is 15.9. The number of carboxylic acids is 1. The van der Waals surface area contributed by atoms with Gasteiger partial charge >= 0.3 is 5.97 Å². The van der Waals surface area contributed by atoms with Gasteiger partial charge in [0.1, 0.15) is 12.1 Å². The number of aliphatic carboxylic acids is 1. The second-order valence-corrected chi connectivity index (χ2v) is 14.5. The lowest BCUT2D eigenvalue weighted by Crippen LogP contribution is -2.59. The van der Waals surface area contributed by atoms with Gasteiger partial charge in [-0.15, -0.1) is 0 Å². The molecule has 1 aliphatic heterocycles. The second-order valence-electron chi connectivity index (χ2n) is 11.3. The van der Waals surface area contributed by atoms with Crippen molar-refractivity contribution >= 4 is 51.2 Å². The number of imide groups is 1. The largest absolute Gasteiger partial charge is 0.481 e. The van der Waals surface area contributed by atoms with Crippen molar-refractivity contribution in [3.8, 4) is 0 Å². The maximum absolute atomic E-state index is 13.3. The molecule has 0 spiro atoms. The van der Waals surface area contributed by atoms with Gasteiger partial charge in [0.15, 0.2) is 0 Å². The van der Waals surface area contributed by atoms with Gasteiger partial charge in [-0.1, -0.05) is 42.4 Å². The number of rotatable bonds is 16. The number of nitrogens with two attached hydrogens (primary N) is 1. The molecule has 0 radical (unpaired) electrons. The fraction of sp³-hybridized carbons (Fsp3) is 0.720. The Morgan fingerprint density at radius 2 is 1.61 bits per heavy atom. The Balaban J connectivity index is 2.88. The number of amides is 4. The Kier molecular flexibility index (Phi) is 12.8. The SMILES string of the molecule is CC(C)(CCOC(C)(C)CCC(=O)O)NC(=O)[C@H](CSSC(C)(C)C)NC(=O)[C@H](CN)N1C(=O)C=CC1=O. The first-order chi connectivity index (χ1) is 17.4. The van der Waals surface area contributed by atoms with E-state index in [1.54, 1.807) is 10.8 Å². The minimum atomic E-state index is -1.24. The molecule has 0 saturated heterocycles. The van der Waals surface area contributed by atoms with E-state index in [4.69, 9.17) is 15.6 Å². The van der Waals surface area contributed by atoms with Crippen LogP contribution in [-0.2, 0) is 28.7 Å². The fourth-order valence-corrected chi connectivity index (χ4v) is 5.79. The zero-order valence-corrected chi connectivity index (χ0v) is 24.9. The summed E-state index contributed by atoms with van der Waals surface area (Å²) in [6.07, 6.45) is 2.93. The molecule has 0 aromatic carbocycles. The first kappa shape index (κ1) is 33.9. The van der Waals surface area contributed by atoms with E-state index < -0.39 is 52.8 Å². The molecule has 0 aliphatic carbocycles. The highest BCUT2D eigenvalue weighted by Gasteiger charge is 2.37. The molecule has 0 fully saturated rings. The Morgan fingerprint density at radius 1 is 1.03 bits per heavy atom. The third kappa shape index (κ3) is 12.2. The molecule has 0 saturated carbocycles. The van der Waals surface area contributed by atoms with Gasteiger partial charge in [-0.25, -0.2) is 0 Å². The maximum atomic E-state index is 13.3. The van der Waals surface area contributed by atoms with Crippen LogP contribution in [0.3, 0.4) is 0 Å². The van der Waals surface area contributed by atoms with Crippen LogP contribution in [0, 0.1) is 0 Å². The molecule has 2 atom stereocenters. The number of hydrogen-bond donors (Lipinski definition) is 4. The minimum Gasteiger partial charge on any atom is -0.481 e. The Labute approximate surface area is 232 Å². The molecule has 4 amide bonds. The number of carbonyl (C=O) groups is 5. The molecule has 1 aliphatic rings. The smallest absolute Gasteiger partial charge is 0.303 e. The lowest BCUT2D eigenvalue weighted by Gasteiger charge is -2.32. The number of nitrogens with zero attached hydrogens (tertiary/aromatic N) is 1.